The van der Waals surface area contributed by atoms with Crippen LogP contribution >= 0.6 is 24.0 Å². The Bertz CT molecular complexity index is 405. The number of halogens is 2. The number of guanidine groups is 1. The number of hydrogen-bond donors (Lipinski definition) is 2. The standard InChI is InChI=1S/C13H20FN3O.HI/c1-4-15-13(16-5-2)17-9-10-6-7-12(18-3)11(14)8-10;/h6-8H,4-5,9H2,1-3H3,(H2,15,16,17);1H. The Hall–Kier alpha value is -1.05. The molecule has 0 aromatic heterocycles. The van der Waals surface area contributed by atoms with E-state index in [4.69, 9.17) is 4.74 Å². The second-order valence-electron chi connectivity index (χ2n) is 3.69. The molecule has 0 aliphatic rings. The second-order valence-corrected chi connectivity index (χ2v) is 3.69. The molecule has 1 aromatic rings. The summed E-state index contributed by atoms with van der Waals surface area (Å²) in [6.07, 6.45) is 0. The van der Waals surface area contributed by atoms with Crippen LogP contribution in [0.4, 0.5) is 4.39 Å². The largest absolute Gasteiger partial charge is 0.494 e. The summed E-state index contributed by atoms with van der Waals surface area (Å²) in [6, 6.07) is 4.86. The van der Waals surface area contributed by atoms with Crippen molar-refractivity contribution in [3.8, 4) is 5.75 Å². The van der Waals surface area contributed by atoms with E-state index in [0.717, 1.165) is 24.6 Å². The van der Waals surface area contributed by atoms with Gasteiger partial charge in [-0.3, -0.25) is 0 Å². The molecule has 0 bridgehead atoms. The number of methoxy groups -OCH3 is 1. The maximum absolute atomic E-state index is 13.5. The number of benzene rings is 1. The third kappa shape index (κ3) is 6.09. The van der Waals surface area contributed by atoms with Crippen LogP contribution in [-0.2, 0) is 6.54 Å². The van der Waals surface area contributed by atoms with E-state index in [2.05, 4.69) is 15.6 Å². The Kier molecular flexibility index (Phi) is 9.28. The first kappa shape index (κ1) is 17.9. The number of hydrogen-bond acceptors (Lipinski definition) is 2. The van der Waals surface area contributed by atoms with E-state index in [1.54, 1.807) is 12.1 Å². The number of nitrogens with zero attached hydrogens (tertiary/aromatic N) is 1. The molecule has 0 saturated heterocycles. The van der Waals surface area contributed by atoms with E-state index in [9.17, 15) is 4.39 Å². The summed E-state index contributed by atoms with van der Waals surface area (Å²) in [5.41, 5.74) is 0.807. The zero-order valence-electron chi connectivity index (χ0n) is 11.5. The summed E-state index contributed by atoms with van der Waals surface area (Å²) in [6.45, 7) is 6.02. The van der Waals surface area contributed by atoms with Gasteiger partial charge in [-0.1, -0.05) is 6.07 Å². The van der Waals surface area contributed by atoms with Crippen molar-refractivity contribution >= 4 is 29.9 Å². The lowest BCUT2D eigenvalue weighted by Gasteiger charge is -2.09. The highest BCUT2D eigenvalue weighted by molar-refractivity contribution is 14.0. The van der Waals surface area contributed by atoms with Crippen LogP contribution in [0.2, 0.25) is 0 Å². The number of aliphatic imine (C=N–C) groups is 1. The minimum atomic E-state index is -0.362. The molecule has 0 heterocycles. The molecule has 4 nitrogen and oxygen atoms in total. The minimum absolute atomic E-state index is 0. The highest BCUT2D eigenvalue weighted by Gasteiger charge is 2.03. The van der Waals surface area contributed by atoms with E-state index in [1.165, 1.54) is 13.2 Å². The van der Waals surface area contributed by atoms with Gasteiger partial charge in [0.25, 0.3) is 0 Å². The van der Waals surface area contributed by atoms with Crippen molar-refractivity contribution in [2.75, 3.05) is 20.2 Å². The molecule has 6 heteroatoms. The predicted molar refractivity (Wildman–Crippen MR) is 86.9 cm³/mol. The summed E-state index contributed by atoms with van der Waals surface area (Å²) in [7, 11) is 1.45. The molecule has 0 aliphatic heterocycles. The zero-order chi connectivity index (χ0) is 13.4. The van der Waals surface area contributed by atoms with Gasteiger partial charge in [0.15, 0.2) is 17.5 Å². The van der Waals surface area contributed by atoms with Gasteiger partial charge in [0.1, 0.15) is 0 Å². The highest BCUT2D eigenvalue weighted by Crippen LogP contribution is 2.17. The summed E-state index contributed by atoms with van der Waals surface area (Å²) in [5.74, 6) is 0.621. The van der Waals surface area contributed by atoms with Crippen LogP contribution in [0.1, 0.15) is 19.4 Å². The Balaban J connectivity index is 0.00000324. The van der Waals surface area contributed by atoms with Gasteiger partial charge in [-0.2, -0.15) is 0 Å². The molecule has 0 aliphatic carbocycles. The van der Waals surface area contributed by atoms with E-state index < -0.39 is 0 Å². The van der Waals surface area contributed by atoms with Crippen LogP contribution in [0.15, 0.2) is 23.2 Å². The summed E-state index contributed by atoms with van der Waals surface area (Å²) < 4.78 is 18.3. The lowest BCUT2D eigenvalue weighted by molar-refractivity contribution is 0.386. The predicted octanol–water partition coefficient (Wildman–Crippen LogP) is 2.53. The minimum Gasteiger partial charge on any atom is -0.494 e. The molecule has 1 rings (SSSR count). The summed E-state index contributed by atoms with van der Waals surface area (Å²) >= 11 is 0. The van der Waals surface area contributed by atoms with E-state index in [0.29, 0.717) is 6.54 Å². The van der Waals surface area contributed by atoms with Crippen LogP contribution in [-0.4, -0.2) is 26.2 Å². The van der Waals surface area contributed by atoms with Crippen LogP contribution in [0.5, 0.6) is 5.75 Å². The van der Waals surface area contributed by atoms with Gasteiger partial charge in [-0.05, 0) is 31.5 Å². The first-order chi connectivity index (χ1) is 8.71. The number of nitrogens with one attached hydrogen (secondary N) is 2. The lowest BCUT2D eigenvalue weighted by Crippen LogP contribution is -2.36. The molecule has 0 spiro atoms. The molecular weight excluding hydrogens is 360 g/mol. The third-order valence-corrected chi connectivity index (χ3v) is 2.32. The second kappa shape index (κ2) is 9.82. The molecule has 0 atom stereocenters. The summed E-state index contributed by atoms with van der Waals surface area (Å²) in [5, 5.41) is 6.22. The molecule has 0 amide bonds. The quantitative estimate of drug-likeness (QED) is 0.468. The molecule has 1 aromatic carbocycles. The van der Waals surface area contributed by atoms with Crippen LogP contribution in [0.25, 0.3) is 0 Å². The Morgan fingerprint density at radius 3 is 2.37 bits per heavy atom. The molecular formula is C13H21FIN3O. The van der Waals surface area contributed by atoms with E-state index in [1.807, 2.05) is 13.8 Å². The van der Waals surface area contributed by atoms with Crippen molar-refractivity contribution in [1.82, 2.24) is 10.6 Å². The van der Waals surface area contributed by atoms with Gasteiger partial charge in [0.2, 0.25) is 0 Å². The van der Waals surface area contributed by atoms with Gasteiger partial charge in [0, 0.05) is 13.1 Å². The maximum Gasteiger partial charge on any atom is 0.191 e. The van der Waals surface area contributed by atoms with Crippen molar-refractivity contribution in [2.45, 2.75) is 20.4 Å². The van der Waals surface area contributed by atoms with Crippen molar-refractivity contribution in [2.24, 2.45) is 4.99 Å². The van der Waals surface area contributed by atoms with Crippen molar-refractivity contribution < 1.29 is 9.13 Å². The fraction of sp³-hybridized carbons (Fsp3) is 0.462. The number of ether oxygens (including phenoxy) is 1. The molecule has 2 N–H and O–H groups in total. The zero-order valence-corrected chi connectivity index (χ0v) is 13.8. The highest BCUT2D eigenvalue weighted by atomic mass is 127. The van der Waals surface area contributed by atoms with Crippen molar-refractivity contribution in [1.29, 1.82) is 0 Å². The molecule has 0 unspecified atom stereocenters. The Labute approximate surface area is 130 Å². The fourth-order valence-corrected chi connectivity index (χ4v) is 1.49. The SMILES string of the molecule is CCNC(=NCc1ccc(OC)c(F)c1)NCC.I. The molecule has 19 heavy (non-hydrogen) atoms. The van der Waals surface area contributed by atoms with Crippen LogP contribution in [0.3, 0.4) is 0 Å². The normalized spacial score (nSPS) is 9.26. The van der Waals surface area contributed by atoms with Gasteiger partial charge >= 0.3 is 0 Å². The van der Waals surface area contributed by atoms with Gasteiger partial charge in [-0.25, -0.2) is 9.38 Å². The summed E-state index contributed by atoms with van der Waals surface area (Å²) in [4.78, 5) is 4.36. The van der Waals surface area contributed by atoms with E-state index in [-0.39, 0.29) is 35.5 Å². The lowest BCUT2D eigenvalue weighted by atomic mass is 10.2. The van der Waals surface area contributed by atoms with E-state index >= 15 is 0 Å². The van der Waals surface area contributed by atoms with Crippen LogP contribution in [0, 0.1) is 5.82 Å². The van der Waals surface area contributed by atoms with Gasteiger partial charge in [0.05, 0.1) is 13.7 Å². The smallest absolute Gasteiger partial charge is 0.191 e. The van der Waals surface area contributed by atoms with Crippen molar-refractivity contribution in [3.63, 3.8) is 0 Å². The molecule has 0 saturated carbocycles. The molecule has 108 valence electrons. The maximum atomic E-state index is 13.5. The average Bonchev–Trinajstić information content (AvgIpc) is 2.36. The van der Waals surface area contributed by atoms with Crippen molar-refractivity contribution in [3.05, 3.63) is 29.6 Å². The van der Waals surface area contributed by atoms with Crippen LogP contribution < -0.4 is 15.4 Å². The fourth-order valence-electron chi connectivity index (χ4n) is 1.49. The molecule has 0 fully saturated rings. The third-order valence-electron chi connectivity index (χ3n) is 2.32. The number of rotatable bonds is 5. The average molecular weight is 381 g/mol. The first-order valence-corrected chi connectivity index (χ1v) is 6.05. The monoisotopic (exact) mass is 381 g/mol. The Morgan fingerprint density at radius 2 is 1.89 bits per heavy atom. The van der Waals surface area contributed by atoms with Gasteiger partial charge < -0.3 is 15.4 Å². The van der Waals surface area contributed by atoms with Gasteiger partial charge in [-0.15, -0.1) is 24.0 Å². The first-order valence-electron chi connectivity index (χ1n) is 6.05. The Morgan fingerprint density at radius 1 is 1.26 bits per heavy atom. The molecule has 0 radical (unpaired) electrons. The topological polar surface area (TPSA) is 45.7 Å².